The number of aryl methyl sites for hydroxylation is 1. The van der Waals surface area contributed by atoms with Gasteiger partial charge in [0.1, 0.15) is 5.78 Å². The van der Waals surface area contributed by atoms with Crippen molar-refractivity contribution in [2.45, 2.75) is 32.1 Å². The summed E-state index contributed by atoms with van der Waals surface area (Å²) in [6, 6.07) is 2.03. The molecule has 3 heteroatoms. The fourth-order valence-electron chi connectivity index (χ4n) is 2.28. The molecule has 0 amide bonds. The van der Waals surface area contributed by atoms with E-state index in [1.165, 1.54) is 5.69 Å². The quantitative estimate of drug-likeness (QED) is 0.681. The molecule has 0 radical (unpaired) electrons. The zero-order chi connectivity index (χ0) is 10.1. The number of hydrogen-bond donors (Lipinski definition) is 0. The number of aromatic nitrogens is 2. The lowest BCUT2D eigenvalue weighted by Gasteiger charge is -2.27. The molecule has 1 heterocycles. The molecule has 2 unspecified atom stereocenters. The lowest BCUT2D eigenvalue weighted by Crippen LogP contribution is -2.23. The predicted octanol–water partition coefficient (Wildman–Crippen LogP) is 1.89. The molecule has 1 aromatic heterocycles. The normalized spacial score (nSPS) is 28.0. The maximum absolute atomic E-state index is 11.4. The van der Waals surface area contributed by atoms with Crippen LogP contribution in [0.25, 0.3) is 0 Å². The Bertz CT molecular complexity index is 343. The largest absolute Gasteiger partial charge is 0.300 e. The molecule has 76 valence electrons. The van der Waals surface area contributed by atoms with Crippen LogP contribution in [0.2, 0.25) is 0 Å². The molecule has 1 saturated carbocycles. The minimum Gasteiger partial charge on any atom is -0.300 e. The van der Waals surface area contributed by atoms with Crippen LogP contribution in [0.4, 0.5) is 0 Å². The lowest BCUT2D eigenvalue weighted by molar-refractivity contribution is -0.121. The van der Waals surface area contributed by atoms with E-state index in [0.717, 1.165) is 12.8 Å². The number of hydrogen-bond acceptors (Lipinski definition) is 2. The van der Waals surface area contributed by atoms with Crippen LogP contribution in [0.3, 0.4) is 0 Å². The number of Topliss-reactive ketones (excluding diaryl/α,β-unsaturated/α-hetero) is 1. The summed E-state index contributed by atoms with van der Waals surface area (Å²) in [7, 11) is 1.95. The van der Waals surface area contributed by atoms with Gasteiger partial charge in [-0.3, -0.25) is 9.48 Å². The van der Waals surface area contributed by atoms with Gasteiger partial charge in [-0.05, 0) is 18.4 Å². The monoisotopic (exact) mass is 192 g/mol. The predicted molar refractivity (Wildman–Crippen MR) is 54.0 cm³/mol. The van der Waals surface area contributed by atoms with Crippen molar-refractivity contribution in [3.05, 3.63) is 18.0 Å². The summed E-state index contributed by atoms with van der Waals surface area (Å²) < 4.78 is 1.89. The maximum atomic E-state index is 11.4. The zero-order valence-corrected chi connectivity index (χ0v) is 8.73. The average Bonchev–Trinajstić information content (AvgIpc) is 2.56. The third-order valence-corrected chi connectivity index (χ3v) is 3.25. The Morgan fingerprint density at radius 3 is 3.00 bits per heavy atom. The van der Waals surface area contributed by atoms with Gasteiger partial charge in [-0.1, -0.05) is 6.92 Å². The van der Waals surface area contributed by atoms with E-state index in [9.17, 15) is 4.79 Å². The first-order chi connectivity index (χ1) is 6.68. The van der Waals surface area contributed by atoms with Gasteiger partial charge in [-0.2, -0.15) is 5.10 Å². The van der Waals surface area contributed by atoms with E-state index in [0.29, 0.717) is 24.0 Å². The Morgan fingerprint density at radius 1 is 1.57 bits per heavy atom. The molecule has 14 heavy (non-hydrogen) atoms. The minimum absolute atomic E-state index is 0.378. The van der Waals surface area contributed by atoms with Gasteiger partial charge < -0.3 is 0 Å². The van der Waals surface area contributed by atoms with Gasteiger partial charge in [0.2, 0.25) is 0 Å². The molecule has 1 aliphatic carbocycles. The van der Waals surface area contributed by atoms with Crippen molar-refractivity contribution in [2.24, 2.45) is 13.0 Å². The van der Waals surface area contributed by atoms with E-state index in [1.807, 2.05) is 17.8 Å². The third-order valence-electron chi connectivity index (χ3n) is 3.25. The molecule has 0 N–H and O–H groups in total. The Balaban J connectivity index is 2.24. The average molecular weight is 192 g/mol. The van der Waals surface area contributed by atoms with Gasteiger partial charge in [-0.15, -0.1) is 0 Å². The number of nitrogens with zero attached hydrogens (tertiary/aromatic N) is 2. The summed E-state index contributed by atoms with van der Waals surface area (Å²) in [4.78, 5) is 11.4. The van der Waals surface area contributed by atoms with Crippen molar-refractivity contribution in [3.8, 4) is 0 Å². The van der Waals surface area contributed by atoms with Gasteiger partial charge >= 0.3 is 0 Å². The smallest absolute Gasteiger partial charge is 0.133 e. The molecule has 1 fully saturated rings. The summed E-state index contributed by atoms with van der Waals surface area (Å²) in [6.07, 6.45) is 4.28. The number of ketones is 1. The van der Waals surface area contributed by atoms with Crippen LogP contribution in [0.15, 0.2) is 12.3 Å². The molecule has 0 bridgehead atoms. The van der Waals surface area contributed by atoms with E-state index in [1.54, 1.807) is 6.20 Å². The van der Waals surface area contributed by atoms with Gasteiger partial charge in [0, 0.05) is 37.7 Å². The molecular formula is C11H16N2O. The summed E-state index contributed by atoms with van der Waals surface area (Å²) >= 11 is 0. The highest BCUT2D eigenvalue weighted by Crippen LogP contribution is 2.35. The highest BCUT2D eigenvalue weighted by molar-refractivity contribution is 5.80. The van der Waals surface area contributed by atoms with Gasteiger partial charge in [0.15, 0.2) is 0 Å². The van der Waals surface area contributed by atoms with Crippen LogP contribution >= 0.6 is 0 Å². The standard InChI is InChI=1S/C11H16N2O/c1-8-3-4-9(14)7-10(8)11-5-6-12-13(11)2/h5-6,8,10H,3-4,7H2,1-2H3. The van der Waals surface area contributed by atoms with Crippen LogP contribution in [-0.4, -0.2) is 15.6 Å². The molecule has 0 aromatic carbocycles. The minimum atomic E-state index is 0.378. The van der Waals surface area contributed by atoms with Crippen molar-refractivity contribution in [2.75, 3.05) is 0 Å². The van der Waals surface area contributed by atoms with E-state index in [-0.39, 0.29) is 0 Å². The van der Waals surface area contributed by atoms with Crippen LogP contribution in [0.5, 0.6) is 0 Å². The second-order valence-corrected chi connectivity index (χ2v) is 4.24. The number of rotatable bonds is 1. The van der Waals surface area contributed by atoms with Crippen LogP contribution in [0, 0.1) is 5.92 Å². The van der Waals surface area contributed by atoms with E-state index < -0.39 is 0 Å². The first-order valence-electron chi connectivity index (χ1n) is 5.18. The fourth-order valence-corrected chi connectivity index (χ4v) is 2.28. The molecule has 0 spiro atoms. The van der Waals surface area contributed by atoms with Gasteiger partial charge in [0.25, 0.3) is 0 Å². The summed E-state index contributed by atoms with van der Waals surface area (Å²) in [6.45, 7) is 2.23. The summed E-state index contributed by atoms with van der Waals surface area (Å²) in [5, 5.41) is 4.16. The maximum Gasteiger partial charge on any atom is 0.133 e. The molecule has 0 saturated heterocycles. The topological polar surface area (TPSA) is 34.9 Å². The summed E-state index contributed by atoms with van der Waals surface area (Å²) in [5.41, 5.74) is 1.20. The highest BCUT2D eigenvalue weighted by atomic mass is 16.1. The lowest BCUT2D eigenvalue weighted by atomic mass is 9.78. The van der Waals surface area contributed by atoms with Gasteiger partial charge in [-0.25, -0.2) is 0 Å². The van der Waals surface area contributed by atoms with E-state index in [2.05, 4.69) is 12.0 Å². The van der Waals surface area contributed by atoms with Crippen LogP contribution < -0.4 is 0 Å². The highest BCUT2D eigenvalue weighted by Gasteiger charge is 2.28. The zero-order valence-electron chi connectivity index (χ0n) is 8.73. The number of carbonyl (C=O) groups excluding carboxylic acids is 1. The molecule has 2 rings (SSSR count). The number of carbonyl (C=O) groups is 1. The Hall–Kier alpha value is -1.12. The van der Waals surface area contributed by atoms with Crippen molar-refractivity contribution in [1.82, 2.24) is 9.78 Å². The fraction of sp³-hybridized carbons (Fsp3) is 0.636. The second kappa shape index (κ2) is 3.56. The van der Waals surface area contributed by atoms with E-state index in [4.69, 9.17) is 0 Å². The Labute approximate surface area is 84.1 Å². The van der Waals surface area contributed by atoms with E-state index >= 15 is 0 Å². The molecular weight excluding hydrogens is 176 g/mol. The Kier molecular flexibility index (Phi) is 2.40. The Morgan fingerprint density at radius 2 is 2.36 bits per heavy atom. The molecule has 1 aliphatic rings. The molecule has 2 atom stereocenters. The van der Waals surface area contributed by atoms with Crippen LogP contribution in [0.1, 0.15) is 37.8 Å². The molecule has 0 aliphatic heterocycles. The first-order valence-corrected chi connectivity index (χ1v) is 5.18. The van der Waals surface area contributed by atoms with Crippen LogP contribution in [-0.2, 0) is 11.8 Å². The van der Waals surface area contributed by atoms with Crippen molar-refractivity contribution in [1.29, 1.82) is 0 Å². The molecule has 1 aromatic rings. The second-order valence-electron chi connectivity index (χ2n) is 4.24. The SMILES string of the molecule is CC1CCC(=O)CC1c1ccnn1C. The van der Waals surface area contributed by atoms with Crippen molar-refractivity contribution < 1.29 is 4.79 Å². The molecule has 3 nitrogen and oxygen atoms in total. The van der Waals surface area contributed by atoms with Crippen molar-refractivity contribution >= 4 is 5.78 Å². The van der Waals surface area contributed by atoms with Crippen molar-refractivity contribution in [3.63, 3.8) is 0 Å². The first kappa shape index (κ1) is 9.44. The third kappa shape index (κ3) is 1.59. The summed E-state index contributed by atoms with van der Waals surface area (Å²) in [5.74, 6) is 1.38. The van der Waals surface area contributed by atoms with Gasteiger partial charge in [0.05, 0.1) is 0 Å².